The van der Waals surface area contributed by atoms with Gasteiger partial charge in [0, 0.05) is 12.1 Å². The molecule has 1 unspecified atom stereocenters. The molecule has 0 bridgehead atoms. The molecule has 1 amide bonds. The molecule has 0 aliphatic rings. The molecule has 0 saturated heterocycles. The van der Waals surface area contributed by atoms with Gasteiger partial charge in [0.15, 0.2) is 6.04 Å². The lowest BCUT2D eigenvalue weighted by atomic mass is 10.1. The lowest BCUT2D eigenvalue weighted by molar-refractivity contribution is -0.384. The van der Waals surface area contributed by atoms with Crippen molar-refractivity contribution >= 4 is 17.6 Å². The summed E-state index contributed by atoms with van der Waals surface area (Å²) in [6, 6.07) is 1.01. The summed E-state index contributed by atoms with van der Waals surface area (Å²) in [4.78, 5) is 32.7. The van der Waals surface area contributed by atoms with Crippen molar-refractivity contribution < 1.29 is 28.7 Å². The third-order valence-corrected chi connectivity index (χ3v) is 2.38. The Morgan fingerprint density at radius 2 is 2.20 bits per heavy atom. The van der Waals surface area contributed by atoms with E-state index in [9.17, 15) is 24.1 Å². The molecule has 108 valence electrons. The van der Waals surface area contributed by atoms with Crippen LogP contribution in [0.1, 0.15) is 10.4 Å². The van der Waals surface area contributed by atoms with Gasteiger partial charge >= 0.3 is 5.97 Å². The van der Waals surface area contributed by atoms with E-state index >= 15 is 0 Å². The van der Waals surface area contributed by atoms with Crippen molar-refractivity contribution in [1.29, 1.82) is 0 Å². The largest absolute Gasteiger partial charge is 0.467 e. The second kappa shape index (κ2) is 6.57. The summed E-state index contributed by atoms with van der Waals surface area (Å²) >= 11 is 0. The molecular weight excluding hydrogens is 275 g/mol. The zero-order valence-corrected chi connectivity index (χ0v) is 10.3. The van der Waals surface area contributed by atoms with E-state index in [1.807, 2.05) is 5.32 Å². The fourth-order valence-corrected chi connectivity index (χ4v) is 1.36. The van der Waals surface area contributed by atoms with Crippen LogP contribution in [-0.4, -0.2) is 41.7 Å². The second-order valence-corrected chi connectivity index (χ2v) is 3.65. The van der Waals surface area contributed by atoms with Gasteiger partial charge in [-0.15, -0.1) is 0 Å². The van der Waals surface area contributed by atoms with Crippen LogP contribution in [0.5, 0.6) is 0 Å². The Balaban J connectivity index is 2.99. The summed E-state index contributed by atoms with van der Waals surface area (Å²) in [6.07, 6.45) is 0. The SMILES string of the molecule is COC(=O)C(CO)NC(=O)c1cc([N+](=O)[O-])ccc1F. The summed E-state index contributed by atoms with van der Waals surface area (Å²) in [5, 5.41) is 21.5. The van der Waals surface area contributed by atoms with Crippen LogP contribution in [0.15, 0.2) is 18.2 Å². The standard InChI is InChI=1S/C11H11FN2O6/c1-20-11(17)9(5-15)13-10(16)7-4-6(14(18)19)2-3-8(7)12/h2-4,9,15H,5H2,1H3,(H,13,16). The number of aliphatic hydroxyl groups is 1. The highest BCUT2D eigenvalue weighted by Crippen LogP contribution is 2.16. The van der Waals surface area contributed by atoms with Crippen molar-refractivity contribution in [3.05, 3.63) is 39.7 Å². The van der Waals surface area contributed by atoms with E-state index in [2.05, 4.69) is 4.74 Å². The number of ether oxygens (including phenoxy) is 1. The Kier molecular flexibility index (Phi) is 5.09. The molecule has 0 aliphatic carbocycles. The molecule has 0 saturated carbocycles. The van der Waals surface area contributed by atoms with E-state index in [1.54, 1.807) is 0 Å². The lowest BCUT2D eigenvalue weighted by Crippen LogP contribution is -2.44. The topological polar surface area (TPSA) is 119 Å². The number of nitro groups is 1. The number of esters is 1. The number of carbonyl (C=O) groups is 2. The Labute approximate surface area is 112 Å². The van der Waals surface area contributed by atoms with Gasteiger partial charge in [-0.05, 0) is 6.07 Å². The van der Waals surface area contributed by atoms with Crippen LogP contribution >= 0.6 is 0 Å². The highest BCUT2D eigenvalue weighted by Gasteiger charge is 2.24. The van der Waals surface area contributed by atoms with Crippen LogP contribution in [-0.2, 0) is 9.53 Å². The number of nitrogens with zero attached hydrogens (tertiary/aromatic N) is 1. The molecule has 1 aromatic carbocycles. The maximum atomic E-state index is 13.5. The number of benzene rings is 1. The van der Waals surface area contributed by atoms with Crippen molar-refractivity contribution in [3.8, 4) is 0 Å². The molecule has 0 aliphatic heterocycles. The monoisotopic (exact) mass is 286 g/mol. The van der Waals surface area contributed by atoms with Gasteiger partial charge in [-0.3, -0.25) is 14.9 Å². The number of methoxy groups -OCH3 is 1. The van der Waals surface area contributed by atoms with Crippen LogP contribution in [0, 0.1) is 15.9 Å². The van der Waals surface area contributed by atoms with E-state index in [1.165, 1.54) is 0 Å². The summed E-state index contributed by atoms with van der Waals surface area (Å²) < 4.78 is 17.8. The minimum Gasteiger partial charge on any atom is -0.467 e. The number of hydrogen-bond acceptors (Lipinski definition) is 6. The molecule has 0 aromatic heterocycles. The van der Waals surface area contributed by atoms with Crippen LogP contribution in [0.2, 0.25) is 0 Å². The number of aliphatic hydroxyl groups excluding tert-OH is 1. The van der Waals surface area contributed by atoms with Crippen molar-refractivity contribution in [3.63, 3.8) is 0 Å². The Morgan fingerprint density at radius 3 is 2.70 bits per heavy atom. The van der Waals surface area contributed by atoms with Gasteiger partial charge in [0.25, 0.3) is 11.6 Å². The highest BCUT2D eigenvalue weighted by atomic mass is 19.1. The van der Waals surface area contributed by atoms with Crippen LogP contribution in [0.25, 0.3) is 0 Å². The van der Waals surface area contributed by atoms with E-state index in [0.29, 0.717) is 0 Å². The third kappa shape index (κ3) is 3.48. The molecule has 1 aromatic rings. The first-order chi connectivity index (χ1) is 9.40. The highest BCUT2D eigenvalue weighted by molar-refractivity contribution is 5.97. The summed E-state index contributed by atoms with van der Waals surface area (Å²) in [6.45, 7) is -0.755. The van der Waals surface area contributed by atoms with Crippen molar-refractivity contribution in [2.45, 2.75) is 6.04 Å². The molecule has 8 nitrogen and oxygen atoms in total. The van der Waals surface area contributed by atoms with Gasteiger partial charge in [0.05, 0.1) is 24.2 Å². The number of nitrogens with one attached hydrogen (secondary N) is 1. The zero-order chi connectivity index (χ0) is 15.3. The minimum atomic E-state index is -1.38. The number of amides is 1. The van der Waals surface area contributed by atoms with Gasteiger partial charge in [0.2, 0.25) is 0 Å². The molecule has 1 atom stereocenters. The fraction of sp³-hybridized carbons (Fsp3) is 0.273. The molecule has 1 rings (SSSR count). The molecule has 0 fully saturated rings. The third-order valence-electron chi connectivity index (χ3n) is 2.38. The molecular formula is C11H11FN2O6. The van der Waals surface area contributed by atoms with E-state index < -0.39 is 46.5 Å². The Hall–Kier alpha value is -2.55. The van der Waals surface area contributed by atoms with E-state index in [-0.39, 0.29) is 0 Å². The number of carbonyl (C=O) groups excluding carboxylic acids is 2. The normalized spacial score (nSPS) is 11.6. The number of hydrogen-bond donors (Lipinski definition) is 2. The van der Waals surface area contributed by atoms with Gasteiger partial charge in [0.1, 0.15) is 5.82 Å². The predicted molar refractivity (Wildman–Crippen MR) is 63.4 cm³/mol. The first-order valence-electron chi connectivity index (χ1n) is 5.34. The van der Waals surface area contributed by atoms with Crippen molar-refractivity contribution in [2.75, 3.05) is 13.7 Å². The smallest absolute Gasteiger partial charge is 0.330 e. The average Bonchev–Trinajstić information content (AvgIpc) is 2.43. The van der Waals surface area contributed by atoms with Crippen LogP contribution < -0.4 is 5.32 Å². The summed E-state index contributed by atoms with van der Waals surface area (Å²) in [5.41, 5.74) is -1.09. The van der Waals surface area contributed by atoms with E-state index in [0.717, 1.165) is 25.3 Å². The maximum Gasteiger partial charge on any atom is 0.330 e. The molecule has 9 heteroatoms. The Bertz CT molecular complexity index is 548. The second-order valence-electron chi connectivity index (χ2n) is 3.65. The number of non-ortho nitro benzene ring substituents is 1. The molecule has 2 N–H and O–H groups in total. The lowest BCUT2D eigenvalue weighted by Gasteiger charge is -2.13. The quantitative estimate of drug-likeness (QED) is 0.446. The van der Waals surface area contributed by atoms with E-state index in [4.69, 9.17) is 5.11 Å². The van der Waals surface area contributed by atoms with Gasteiger partial charge in [-0.2, -0.15) is 0 Å². The molecule has 0 spiro atoms. The molecule has 20 heavy (non-hydrogen) atoms. The van der Waals surface area contributed by atoms with Crippen molar-refractivity contribution in [2.24, 2.45) is 0 Å². The molecule has 0 heterocycles. The number of nitro benzene ring substituents is 1. The van der Waals surface area contributed by atoms with Crippen LogP contribution in [0.3, 0.4) is 0 Å². The fourth-order valence-electron chi connectivity index (χ4n) is 1.36. The van der Waals surface area contributed by atoms with Gasteiger partial charge < -0.3 is 15.2 Å². The van der Waals surface area contributed by atoms with Gasteiger partial charge in [-0.1, -0.05) is 0 Å². The number of rotatable bonds is 5. The van der Waals surface area contributed by atoms with Crippen LogP contribution in [0.4, 0.5) is 10.1 Å². The minimum absolute atomic E-state index is 0.477. The molecule has 0 radical (unpaired) electrons. The first-order valence-corrected chi connectivity index (χ1v) is 5.34. The van der Waals surface area contributed by atoms with Crippen molar-refractivity contribution in [1.82, 2.24) is 5.32 Å². The number of halogens is 1. The summed E-state index contributed by atoms with van der Waals surface area (Å²) in [5.74, 6) is -2.99. The zero-order valence-electron chi connectivity index (χ0n) is 10.3. The summed E-state index contributed by atoms with van der Waals surface area (Å²) in [7, 11) is 1.05. The Morgan fingerprint density at radius 1 is 1.55 bits per heavy atom. The first kappa shape index (κ1) is 15.5. The predicted octanol–water partition coefficient (Wildman–Crippen LogP) is -0.00240. The average molecular weight is 286 g/mol. The maximum absolute atomic E-state index is 13.5. The van der Waals surface area contributed by atoms with Gasteiger partial charge in [-0.25, -0.2) is 9.18 Å².